The standard InChI is InChI=1S/C19H20N2O5/c1-3-24-15-9-5-4-8-14(15)17-16(12(2)20-19(23)21-17)18(22)26-11-13-7-6-10-25-13/h4-10,17H,3,11H2,1-2H3,(H2,20,21,23)/t17-/m0/s1. The largest absolute Gasteiger partial charge is 0.494 e. The maximum Gasteiger partial charge on any atom is 0.338 e. The van der Waals surface area contributed by atoms with Gasteiger partial charge in [-0.15, -0.1) is 0 Å². The van der Waals surface area contributed by atoms with E-state index in [9.17, 15) is 9.59 Å². The van der Waals surface area contributed by atoms with Crippen LogP contribution in [0, 0.1) is 0 Å². The molecule has 2 heterocycles. The molecule has 7 nitrogen and oxygen atoms in total. The van der Waals surface area contributed by atoms with Crippen molar-refractivity contribution >= 4 is 12.0 Å². The van der Waals surface area contributed by atoms with Crippen molar-refractivity contribution in [3.05, 3.63) is 65.3 Å². The topological polar surface area (TPSA) is 89.8 Å². The predicted octanol–water partition coefficient (Wildman–Crippen LogP) is 3.05. The Morgan fingerprint density at radius 1 is 1.23 bits per heavy atom. The number of esters is 1. The quantitative estimate of drug-likeness (QED) is 0.777. The molecule has 0 aliphatic carbocycles. The first-order valence-electron chi connectivity index (χ1n) is 8.29. The Kier molecular flexibility index (Phi) is 5.26. The zero-order valence-electron chi connectivity index (χ0n) is 14.6. The molecule has 1 aliphatic rings. The molecule has 136 valence electrons. The summed E-state index contributed by atoms with van der Waals surface area (Å²) >= 11 is 0. The third kappa shape index (κ3) is 3.72. The fourth-order valence-corrected chi connectivity index (χ4v) is 2.81. The number of ether oxygens (including phenoxy) is 2. The van der Waals surface area contributed by atoms with Gasteiger partial charge in [0.1, 0.15) is 18.1 Å². The molecule has 26 heavy (non-hydrogen) atoms. The Morgan fingerprint density at radius 3 is 2.77 bits per heavy atom. The number of hydrogen-bond acceptors (Lipinski definition) is 5. The van der Waals surface area contributed by atoms with E-state index in [1.165, 1.54) is 6.26 Å². The van der Waals surface area contributed by atoms with E-state index in [2.05, 4.69) is 10.6 Å². The van der Waals surface area contributed by atoms with Crippen LogP contribution in [0.25, 0.3) is 0 Å². The minimum atomic E-state index is -0.671. The van der Waals surface area contributed by atoms with Crippen molar-refractivity contribution in [2.75, 3.05) is 6.61 Å². The average Bonchev–Trinajstić information content (AvgIpc) is 3.13. The van der Waals surface area contributed by atoms with Gasteiger partial charge < -0.3 is 24.5 Å². The Balaban J connectivity index is 1.90. The number of carbonyl (C=O) groups excluding carboxylic acids is 2. The summed E-state index contributed by atoms with van der Waals surface area (Å²) in [7, 11) is 0. The molecule has 1 aromatic heterocycles. The Morgan fingerprint density at radius 2 is 2.04 bits per heavy atom. The van der Waals surface area contributed by atoms with Crippen LogP contribution in [-0.2, 0) is 16.1 Å². The molecule has 1 aliphatic heterocycles. The summed E-state index contributed by atoms with van der Waals surface area (Å²) in [6.07, 6.45) is 1.51. The van der Waals surface area contributed by atoms with Gasteiger partial charge >= 0.3 is 12.0 Å². The van der Waals surface area contributed by atoms with E-state index < -0.39 is 12.0 Å². The number of furan rings is 1. The third-order valence-electron chi connectivity index (χ3n) is 3.94. The average molecular weight is 356 g/mol. The number of rotatable bonds is 6. The number of para-hydroxylation sites is 1. The van der Waals surface area contributed by atoms with E-state index in [4.69, 9.17) is 13.9 Å². The lowest BCUT2D eigenvalue weighted by Crippen LogP contribution is -2.45. The van der Waals surface area contributed by atoms with E-state index in [1.807, 2.05) is 25.1 Å². The molecule has 0 spiro atoms. The van der Waals surface area contributed by atoms with E-state index in [1.54, 1.807) is 25.1 Å². The summed E-state index contributed by atoms with van der Waals surface area (Å²) in [5, 5.41) is 5.39. The molecular formula is C19H20N2O5. The SMILES string of the molecule is CCOc1ccccc1[C@@H]1NC(=O)NC(C)=C1C(=O)OCc1ccco1. The molecule has 0 unspecified atom stereocenters. The fraction of sp³-hybridized carbons (Fsp3) is 0.263. The smallest absolute Gasteiger partial charge is 0.338 e. The Hall–Kier alpha value is -3.22. The van der Waals surface area contributed by atoms with Crippen molar-refractivity contribution in [1.29, 1.82) is 0 Å². The van der Waals surface area contributed by atoms with Crippen LogP contribution in [0.4, 0.5) is 4.79 Å². The van der Waals surface area contributed by atoms with Gasteiger partial charge in [0.25, 0.3) is 0 Å². The van der Waals surface area contributed by atoms with Crippen molar-refractivity contribution in [1.82, 2.24) is 10.6 Å². The highest BCUT2D eigenvalue weighted by molar-refractivity contribution is 5.95. The minimum Gasteiger partial charge on any atom is -0.494 e. The monoisotopic (exact) mass is 356 g/mol. The van der Waals surface area contributed by atoms with E-state index in [0.717, 1.165) is 0 Å². The summed E-state index contributed by atoms with van der Waals surface area (Å²) in [6, 6.07) is 9.66. The molecule has 1 atom stereocenters. The van der Waals surface area contributed by atoms with Crippen LogP contribution in [0.15, 0.2) is 58.3 Å². The lowest BCUT2D eigenvalue weighted by atomic mass is 9.95. The van der Waals surface area contributed by atoms with Crippen molar-refractivity contribution in [3.63, 3.8) is 0 Å². The zero-order chi connectivity index (χ0) is 18.5. The van der Waals surface area contributed by atoms with Gasteiger partial charge in [-0.05, 0) is 32.0 Å². The minimum absolute atomic E-state index is 0.0103. The first-order chi connectivity index (χ1) is 12.6. The van der Waals surface area contributed by atoms with Gasteiger partial charge in [0.05, 0.1) is 24.5 Å². The van der Waals surface area contributed by atoms with E-state index in [0.29, 0.717) is 35.0 Å². The van der Waals surface area contributed by atoms with Crippen molar-refractivity contribution in [3.8, 4) is 5.75 Å². The molecule has 2 amide bonds. The second-order valence-corrected chi connectivity index (χ2v) is 5.70. The number of allylic oxidation sites excluding steroid dienone is 1. The Bertz CT molecular complexity index is 826. The molecule has 0 fully saturated rings. The normalized spacial score (nSPS) is 16.7. The predicted molar refractivity (Wildman–Crippen MR) is 93.2 cm³/mol. The van der Waals surface area contributed by atoms with Crippen LogP contribution >= 0.6 is 0 Å². The summed E-state index contributed by atoms with van der Waals surface area (Å²) in [5.74, 6) is 0.602. The molecular weight excluding hydrogens is 336 g/mol. The van der Waals surface area contributed by atoms with Gasteiger partial charge in [0.15, 0.2) is 0 Å². The molecule has 0 saturated carbocycles. The summed E-state index contributed by atoms with van der Waals surface area (Å²) in [6.45, 7) is 4.02. The molecule has 0 saturated heterocycles. The molecule has 0 bridgehead atoms. The molecule has 3 rings (SSSR count). The van der Waals surface area contributed by atoms with E-state index >= 15 is 0 Å². The van der Waals surface area contributed by atoms with Gasteiger partial charge in [0, 0.05) is 11.3 Å². The summed E-state index contributed by atoms with van der Waals surface area (Å²) in [5.41, 5.74) is 1.45. The molecule has 1 aromatic carbocycles. The van der Waals surface area contributed by atoms with Gasteiger partial charge in [-0.1, -0.05) is 18.2 Å². The maximum absolute atomic E-state index is 12.7. The fourth-order valence-electron chi connectivity index (χ4n) is 2.81. The number of amides is 2. The highest BCUT2D eigenvalue weighted by Crippen LogP contribution is 2.33. The lowest BCUT2D eigenvalue weighted by molar-refractivity contribution is -0.141. The number of urea groups is 1. The van der Waals surface area contributed by atoms with Crippen molar-refractivity contribution in [2.45, 2.75) is 26.5 Å². The van der Waals surface area contributed by atoms with E-state index in [-0.39, 0.29) is 12.6 Å². The Labute approximate surface area is 151 Å². The van der Waals surface area contributed by atoms with Gasteiger partial charge in [-0.3, -0.25) is 0 Å². The van der Waals surface area contributed by atoms with Crippen LogP contribution < -0.4 is 15.4 Å². The van der Waals surface area contributed by atoms with Crippen LogP contribution in [-0.4, -0.2) is 18.6 Å². The highest BCUT2D eigenvalue weighted by Gasteiger charge is 2.33. The third-order valence-corrected chi connectivity index (χ3v) is 3.94. The second kappa shape index (κ2) is 7.77. The van der Waals surface area contributed by atoms with Crippen LogP contribution in [0.3, 0.4) is 0 Å². The number of hydrogen-bond donors (Lipinski definition) is 2. The van der Waals surface area contributed by atoms with Gasteiger partial charge in [-0.2, -0.15) is 0 Å². The van der Waals surface area contributed by atoms with Crippen molar-refractivity contribution in [2.24, 2.45) is 0 Å². The van der Waals surface area contributed by atoms with Crippen molar-refractivity contribution < 1.29 is 23.5 Å². The van der Waals surface area contributed by atoms with Gasteiger partial charge in [-0.25, -0.2) is 9.59 Å². The second-order valence-electron chi connectivity index (χ2n) is 5.70. The summed E-state index contributed by atoms with van der Waals surface area (Å²) in [4.78, 5) is 24.7. The molecule has 2 N–H and O–H groups in total. The molecule has 2 aromatic rings. The zero-order valence-corrected chi connectivity index (χ0v) is 14.6. The maximum atomic E-state index is 12.7. The number of carbonyl (C=O) groups is 2. The van der Waals surface area contributed by atoms with Crippen LogP contribution in [0.2, 0.25) is 0 Å². The van der Waals surface area contributed by atoms with Crippen LogP contribution in [0.1, 0.15) is 31.2 Å². The molecule has 0 radical (unpaired) electrons. The lowest BCUT2D eigenvalue weighted by Gasteiger charge is -2.29. The van der Waals surface area contributed by atoms with Gasteiger partial charge in [0.2, 0.25) is 0 Å². The first-order valence-corrected chi connectivity index (χ1v) is 8.29. The summed E-state index contributed by atoms with van der Waals surface area (Å²) < 4.78 is 16.2. The first kappa shape index (κ1) is 17.6. The number of benzene rings is 1. The molecule has 7 heteroatoms. The highest BCUT2D eigenvalue weighted by atomic mass is 16.5. The van der Waals surface area contributed by atoms with Crippen LogP contribution in [0.5, 0.6) is 5.75 Å². The number of nitrogens with one attached hydrogen (secondary N) is 2.